The molecule has 1 aliphatic heterocycles. The molecule has 0 spiro atoms. The number of hydrogen-bond donors (Lipinski definition) is 1. The first-order valence-corrected chi connectivity index (χ1v) is 5.48. The van der Waals surface area contributed by atoms with Gasteiger partial charge in [-0.2, -0.15) is 9.97 Å². The second-order valence-corrected chi connectivity index (χ2v) is 4.15. The fraction of sp³-hybridized carbons (Fsp3) is 0.700. The van der Waals surface area contributed by atoms with Gasteiger partial charge in [-0.05, 0) is 5.92 Å². The van der Waals surface area contributed by atoms with Crippen LogP contribution in [0.25, 0.3) is 0 Å². The average Bonchev–Trinajstić information content (AvgIpc) is 2.69. The first-order chi connectivity index (χ1) is 8.13. The molecular formula is C10H17N5O2. The molecule has 1 aliphatic rings. The predicted molar refractivity (Wildman–Crippen MR) is 62.3 cm³/mol. The Morgan fingerprint density at radius 2 is 1.71 bits per heavy atom. The standard InChI is InChI=1S/C10H17N5O2/c1-6-4-15(5-7(6)11)8-12-9(16-2)14-10(13-8)17-3/h6-7H,4-5,11H2,1-3H3. The molecule has 2 N–H and O–H groups in total. The van der Waals surface area contributed by atoms with E-state index in [0.29, 0.717) is 11.9 Å². The molecule has 1 aromatic rings. The van der Waals surface area contributed by atoms with Gasteiger partial charge in [-0.1, -0.05) is 6.92 Å². The topological polar surface area (TPSA) is 86.4 Å². The summed E-state index contributed by atoms with van der Waals surface area (Å²) in [6.07, 6.45) is 0. The van der Waals surface area contributed by atoms with Crippen molar-refractivity contribution in [3.05, 3.63) is 0 Å². The molecule has 2 heterocycles. The lowest BCUT2D eigenvalue weighted by Crippen LogP contribution is -2.29. The van der Waals surface area contributed by atoms with E-state index >= 15 is 0 Å². The van der Waals surface area contributed by atoms with Crippen LogP contribution < -0.4 is 20.1 Å². The van der Waals surface area contributed by atoms with Crippen LogP contribution in [0.5, 0.6) is 12.0 Å². The molecule has 2 rings (SSSR count). The third-order valence-corrected chi connectivity index (χ3v) is 2.90. The molecule has 0 bridgehead atoms. The Labute approximate surface area is 100.0 Å². The Balaban J connectivity index is 2.26. The van der Waals surface area contributed by atoms with Crippen molar-refractivity contribution in [2.45, 2.75) is 13.0 Å². The summed E-state index contributed by atoms with van der Waals surface area (Å²) in [5, 5.41) is 0. The summed E-state index contributed by atoms with van der Waals surface area (Å²) in [6.45, 7) is 3.68. The van der Waals surface area contributed by atoms with Gasteiger partial charge in [-0.3, -0.25) is 0 Å². The van der Waals surface area contributed by atoms with E-state index in [-0.39, 0.29) is 18.1 Å². The summed E-state index contributed by atoms with van der Waals surface area (Å²) in [5.74, 6) is 0.970. The highest BCUT2D eigenvalue weighted by Gasteiger charge is 2.29. The molecule has 1 aromatic heterocycles. The van der Waals surface area contributed by atoms with Gasteiger partial charge in [0.2, 0.25) is 5.95 Å². The molecular weight excluding hydrogens is 222 g/mol. The molecule has 17 heavy (non-hydrogen) atoms. The molecule has 7 heteroatoms. The lowest BCUT2D eigenvalue weighted by atomic mass is 10.1. The molecule has 0 aromatic carbocycles. The van der Waals surface area contributed by atoms with Crippen molar-refractivity contribution in [3.8, 4) is 12.0 Å². The van der Waals surface area contributed by atoms with Crippen LogP contribution in [-0.2, 0) is 0 Å². The molecule has 2 atom stereocenters. The SMILES string of the molecule is COc1nc(OC)nc(N2CC(C)C(N)C2)n1. The minimum absolute atomic E-state index is 0.142. The van der Waals surface area contributed by atoms with Crippen molar-refractivity contribution in [2.75, 3.05) is 32.2 Å². The van der Waals surface area contributed by atoms with Crippen LogP contribution in [0.15, 0.2) is 0 Å². The third kappa shape index (κ3) is 2.38. The Kier molecular flexibility index (Phi) is 3.28. The second kappa shape index (κ2) is 4.70. The van der Waals surface area contributed by atoms with Gasteiger partial charge in [0.25, 0.3) is 0 Å². The highest BCUT2D eigenvalue weighted by atomic mass is 16.5. The van der Waals surface area contributed by atoms with Gasteiger partial charge in [0, 0.05) is 19.1 Å². The van der Waals surface area contributed by atoms with Crippen molar-refractivity contribution in [3.63, 3.8) is 0 Å². The number of methoxy groups -OCH3 is 2. The number of aromatic nitrogens is 3. The Hall–Kier alpha value is -1.63. The van der Waals surface area contributed by atoms with Crippen molar-refractivity contribution in [1.29, 1.82) is 0 Å². The van der Waals surface area contributed by atoms with Gasteiger partial charge >= 0.3 is 12.0 Å². The third-order valence-electron chi connectivity index (χ3n) is 2.90. The molecule has 1 saturated heterocycles. The quantitative estimate of drug-likeness (QED) is 0.773. The second-order valence-electron chi connectivity index (χ2n) is 4.15. The predicted octanol–water partition coefficient (Wildman–Crippen LogP) is -0.328. The summed E-state index contributed by atoms with van der Waals surface area (Å²) in [6, 6.07) is 0.642. The molecule has 1 fully saturated rings. The van der Waals surface area contributed by atoms with E-state index in [4.69, 9.17) is 15.2 Å². The van der Waals surface area contributed by atoms with Crippen LogP contribution in [0.1, 0.15) is 6.92 Å². The number of nitrogens with zero attached hydrogens (tertiary/aromatic N) is 4. The van der Waals surface area contributed by atoms with E-state index in [1.54, 1.807) is 0 Å². The molecule has 0 radical (unpaired) electrons. The Morgan fingerprint density at radius 1 is 1.12 bits per heavy atom. The number of rotatable bonds is 3. The van der Waals surface area contributed by atoms with Gasteiger partial charge in [0.05, 0.1) is 14.2 Å². The van der Waals surface area contributed by atoms with Crippen LogP contribution in [-0.4, -0.2) is 48.3 Å². The summed E-state index contributed by atoms with van der Waals surface area (Å²) in [7, 11) is 3.02. The fourth-order valence-corrected chi connectivity index (χ4v) is 1.81. The van der Waals surface area contributed by atoms with Crippen LogP contribution in [0.3, 0.4) is 0 Å². The van der Waals surface area contributed by atoms with Crippen LogP contribution in [0.4, 0.5) is 5.95 Å². The number of ether oxygens (including phenoxy) is 2. The summed E-state index contributed by atoms with van der Waals surface area (Å²) in [5.41, 5.74) is 5.97. The van der Waals surface area contributed by atoms with E-state index in [2.05, 4.69) is 21.9 Å². The lowest BCUT2D eigenvalue weighted by molar-refractivity contribution is 0.340. The molecule has 94 valence electrons. The number of nitrogens with two attached hydrogens (primary N) is 1. The van der Waals surface area contributed by atoms with Gasteiger partial charge in [-0.15, -0.1) is 4.98 Å². The van der Waals surface area contributed by atoms with Crippen molar-refractivity contribution >= 4 is 5.95 Å². The van der Waals surface area contributed by atoms with Gasteiger partial charge in [0.1, 0.15) is 0 Å². The minimum Gasteiger partial charge on any atom is -0.467 e. The largest absolute Gasteiger partial charge is 0.467 e. The van der Waals surface area contributed by atoms with E-state index in [9.17, 15) is 0 Å². The smallest absolute Gasteiger partial charge is 0.324 e. The maximum Gasteiger partial charge on any atom is 0.324 e. The van der Waals surface area contributed by atoms with E-state index in [1.165, 1.54) is 14.2 Å². The maximum absolute atomic E-state index is 5.97. The minimum atomic E-state index is 0.142. The summed E-state index contributed by atoms with van der Waals surface area (Å²) < 4.78 is 10.0. The highest BCUT2D eigenvalue weighted by Crippen LogP contribution is 2.22. The van der Waals surface area contributed by atoms with Crippen LogP contribution >= 0.6 is 0 Å². The molecule has 2 unspecified atom stereocenters. The van der Waals surface area contributed by atoms with Gasteiger partial charge in [0.15, 0.2) is 0 Å². The van der Waals surface area contributed by atoms with E-state index < -0.39 is 0 Å². The zero-order chi connectivity index (χ0) is 12.4. The van der Waals surface area contributed by atoms with Crippen molar-refractivity contribution < 1.29 is 9.47 Å². The van der Waals surface area contributed by atoms with Gasteiger partial charge < -0.3 is 20.1 Å². The average molecular weight is 239 g/mol. The lowest BCUT2D eigenvalue weighted by Gasteiger charge is -2.16. The molecule has 0 saturated carbocycles. The maximum atomic E-state index is 5.97. The van der Waals surface area contributed by atoms with Gasteiger partial charge in [-0.25, -0.2) is 0 Å². The van der Waals surface area contributed by atoms with Crippen molar-refractivity contribution in [1.82, 2.24) is 15.0 Å². The summed E-state index contributed by atoms with van der Waals surface area (Å²) in [4.78, 5) is 14.4. The summed E-state index contributed by atoms with van der Waals surface area (Å²) >= 11 is 0. The first-order valence-electron chi connectivity index (χ1n) is 5.48. The number of hydrogen-bond acceptors (Lipinski definition) is 7. The monoisotopic (exact) mass is 239 g/mol. The van der Waals surface area contributed by atoms with Crippen molar-refractivity contribution in [2.24, 2.45) is 11.7 Å². The molecule has 0 amide bonds. The zero-order valence-corrected chi connectivity index (χ0v) is 10.3. The fourth-order valence-electron chi connectivity index (χ4n) is 1.81. The molecule has 0 aliphatic carbocycles. The Morgan fingerprint density at radius 3 is 2.12 bits per heavy atom. The Bertz CT molecular complexity index is 368. The van der Waals surface area contributed by atoms with Crippen LogP contribution in [0, 0.1) is 5.92 Å². The normalized spacial score (nSPS) is 23.9. The highest BCUT2D eigenvalue weighted by molar-refractivity contribution is 5.34. The van der Waals surface area contributed by atoms with E-state index in [0.717, 1.165) is 13.1 Å². The zero-order valence-electron chi connectivity index (χ0n) is 10.3. The molecule has 7 nitrogen and oxygen atoms in total. The first kappa shape index (κ1) is 11.8. The van der Waals surface area contributed by atoms with Crippen LogP contribution in [0.2, 0.25) is 0 Å². The number of anilines is 1. The van der Waals surface area contributed by atoms with E-state index in [1.807, 2.05) is 4.90 Å².